The van der Waals surface area contributed by atoms with Gasteiger partial charge in [0.1, 0.15) is 11.8 Å². The summed E-state index contributed by atoms with van der Waals surface area (Å²) in [5.74, 6) is 0.161. The van der Waals surface area contributed by atoms with Gasteiger partial charge in [-0.3, -0.25) is 4.79 Å². The Hall–Kier alpha value is -2.37. The Kier molecular flexibility index (Phi) is 2.47. The molecular formula is C12H12N4O2. The van der Waals surface area contributed by atoms with Crippen molar-refractivity contribution in [1.82, 2.24) is 20.3 Å². The first-order chi connectivity index (χ1) is 8.74. The highest BCUT2D eigenvalue weighted by atomic mass is 16.3. The van der Waals surface area contributed by atoms with Crippen LogP contribution < -0.4 is 5.32 Å². The van der Waals surface area contributed by atoms with Gasteiger partial charge in [0.15, 0.2) is 0 Å². The zero-order valence-corrected chi connectivity index (χ0v) is 9.58. The first-order valence-electron chi connectivity index (χ1n) is 5.69. The van der Waals surface area contributed by atoms with Crippen LogP contribution in [-0.4, -0.2) is 26.0 Å². The number of benzene rings is 1. The average molecular weight is 244 g/mol. The molecule has 18 heavy (non-hydrogen) atoms. The fraction of sp³-hybridized carbons (Fsp3) is 0.250. The lowest BCUT2D eigenvalue weighted by Crippen LogP contribution is -2.40. The summed E-state index contributed by atoms with van der Waals surface area (Å²) in [7, 11) is 0. The van der Waals surface area contributed by atoms with Gasteiger partial charge in [0, 0.05) is 6.42 Å². The van der Waals surface area contributed by atoms with Crippen molar-refractivity contribution < 1.29 is 9.90 Å². The zero-order chi connectivity index (χ0) is 12.5. The van der Waals surface area contributed by atoms with Crippen LogP contribution in [0.25, 0.3) is 0 Å². The van der Waals surface area contributed by atoms with E-state index in [0.717, 1.165) is 11.3 Å². The van der Waals surface area contributed by atoms with Crippen LogP contribution in [0, 0.1) is 0 Å². The highest BCUT2D eigenvalue weighted by molar-refractivity contribution is 5.81. The Morgan fingerprint density at radius 2 is 2.17 bits per heavy atom. The Balaban J connectivity index is 1.88. The third kappa shape index (κ3) is 1.81. The monoisotopic (exact) mass is 244 g/mol. The quantitative estimate of drug-likeness (QED) is 0.801. The number of carbonyl (C=O) groups excluding carboxylic acids is 1. The van der Waals surface area contributed by atoms with Crippen LogP contribution in [0.2, 0.25) is 0 Å². The number of nitrogens with one attached hydrogen (secondary N) is 1. The summed E-state index contributed by atoms with van der Waals surface area (Å²) in [6.45, 7) is 0.470. The van der Waals surface area contributed by atoms with Crippen molar-refractivity contribution in [1.29, 1.82) is 0 Å². The van der Waals surface area contributed by atoms with E-state index in [1.54, 1.807) is 35.1 Å². The summed E-state index contributed by atoms with van der Waals surface area (Å²) in [6, 6.07) is 6.44. The second kappa shape index (κ2) is 4.14. The molecule has 3 rings (SSSR count). The molecule has 1 aromatic heterocycles. The molecule has 0 fully saturated rings. The van der Waals surface area contributed by atoms with Crippen molar-refractivity contribution in [3.05, 3.63) is 41.7 Å². The number of carbonyl (C=O) groups is 1. The SMILES string of the molecule is O=C1NCc2cnnn2[C@H]1Cc1ccc(O)cc1. The van der Waals surface area contributed by atoms with Crippen molar-refractivity contribution >= 4 is 5.91 Å². The number of aromatic nitrogens is 3. The van der Waals surface area contributed by atoms with Gasteiger partial charge >= 0.3 is 0 Å². The number of phenols is 1. The molecule has 1 amide bonds. The molecule has 0 unspecified atom stereocenters. The maximum atomic E-state index is 11.9. The van der Waals surface area contributed by atoms with Crippen LogP contribution in [-0.2, 0) is 17.8 Å². The number of rotatable bonds is 2. The molecule has 0 saturated heterocycles. The van der Waals surface area contributed by atoms with E-state index >= 15 is 0 Å². The van der Waals surface area contributed by atoms with E-state index in [1.165, 1.54) is 0 Å². The summed E-state index contributed by atoms with van der Waals surface area (Å²) in [5.41, 5.74) is 1.87. The molecule has 2 N–H and O–H groups in total. The summed E-state index contributed by atoms with van der Waals surface area (Å²) < 4.78 is 1.66. The van der Waals surface area contributed by atoms with Crippen molar-refractivity contribution in [2.45, 2.75) is 19.0 Å². The van der Waals surface area contributed by atoms with Gasteiger partial charge in [-0.15, -0.1) is 5.10 Å². The smallest absolute Gasteiger partial charge is 0.245 e. The summed E-state index contributed by atoms with van der Waals surface area (Å²) in [4.78, 5) is 11.9. The van der Waals surface area contributed by atoms with E-state index in [1.807, 2.05) is 0 Å². The molecule has 0 aliphatic carbocycles. The van der Waals surface area contributed by atoms with Crippen LogP contribution in [0.5, 0.6) is 5.75 Å². The Bertz CT molecular complexity index is 576. The van der Waals surface area contributed by atoms with E-state index in [2.05, 4.69) is 15.6 Å². The standard InChI is InChI=1S/C12H12N4O2/c17-10-3-1-8(2-4-10)5-11-12(18)13-6-9-7-14-15-16(9)11/h1-4,7,11,17H,5-6H2,(H,13,18)/t11-/m0/s1. The molecule has 0 spiro atoms. The van der Waals surface area contributed by atoms with Gasteiger partial charge in [0.25, 0.3) is 0 Å². The number of aromatic hydroxyl groups is 1. The highest BCUT2D eigenvalue weighted by Crippen LogP contribution is 2.20. The largest absolute Gasteiger partial charge is 0.508 e. The number of amides is 1. The molecule has 0 radical (unpaired) electrons. The van der Waals surface area contributed by atoms with Gasteiger partial charge in [-0.2, -0.15) is 0 Å². The molecule has 6 nitrogen and oxygen atoms in total. The molecule has 1 aromatic carbocycles. The predicted octanol–water partition coefficient (Wildman–Crippen LogP) is 0.397. The van der Waals surface area contributed by atoms with Gasteiger partial charge in [-0.25, -0.2) is 4.68 Å². The number of fused-ring (bicyclic) bond motifs is 1. The highest BCUT2D eigenvalue weighted by Gasteiger charge is 2.28. The first-order valence-corrected chi connectivity index (χ1v) is 5.69. The molecule has 2 aromatic rings. The van der Waals surface area contributed by atoms with Crippen LogP contribution in [0.3, 0.4) is 0 Å². The van der Waals surface area contributed by atoms with Gasteiger partial charge in [0.05, 0.1) is 18.4 Å². The Labute approximate surface area is 103 Å². The Morgan fingerprint density at radius 3 is 2.94 bits per heavy atom. The van der Waals surface area contributed by atoms with Crippen molar-refractivity contribution in [2.75, 3.05) is 0 Å². The lowest BCUT2D eigenvalue weighted by molar-refractivity contribution is -0.125. The molecule has 0 saturated carbocycles. The van der Waals surface area contributed by atoms with Crippen molar-refractivity contribution in [3.8, 4) is 5.75 Å². The Morgan fingerprint density at radius 1 is 1.39 bits per heavy atom. The lowest BCUT2D eigenvalue weighted by Gasteiger charge is -2.23. The summed E-state index contributed by atoms with van der Waals surface area (Å²) >= 11 is 0. The minimum Gasteiger partial charge on any atom is -0.508 e. The maximum absolute atomic E-state index is 11.9. The van der Waals surface area contributed by atoms with Crippen LogP contribution >= 0.6 is 0 Å². The zero-order valence-electron chi connectivity index (χ0n) is 9.58. The van der Waals surface area contributed by atoms with Gasteiger partial charge < -0.3 is 10.4 Å². The number of hydrogen-bond acceptors (Lipinski definition) is 4. The van der Waals surface area contributed by atoms with E-state index in [9.17, 15) is 9.90 Å². The topological polar surface area (TPSA) is 80.0 Å². The molecular weight excluding hydrogens is 232 g/mol. The van der Waals surface area contributed by atoms with E-state index in [4.69, 9.17) is 0 Å². The minimum atomic E-state index is -0.374. The van der Waals surface area contributed by atoms with Gasteiger partial charge in [-0.1, -0.05) is 17.3 Å². The third-order valence-electron chi connectivity index (χ3n) is 3.06. The fourth-order valence-corrected chi connectivity index (χ4v) is 2.09. The predicted molar refractivity (Wildman–Crippen MR) is 62.7 cm³/mol. The van der Waals surface area contributed by atoms with Crippen molar-refractivity contribution in [3.63, 3.8) is 0 Å². The first kappa shape index (κ1) is 10.8. The van der Waals surface area contributed by atoms with Gasteiger partial charge in [0.2, 0.25) is 5.91 Å². The molecule has 0 bridgehead atoms. The lowest BCUT2D eigenvalue weighted by atomic mass is 10.0. The molecule has 1 aliphatic heterocycles. The van der Waals surface area contributed by atoms with Crippen LogP contribution in [0.1, 0.15) is 17.3 Å². The van der Waals surface area contributed by atoms with Crippen LogP contribution in [0.4, 0.5) is 0 Å². The molecule has 1 atom stereocenters. The number of phenolic OH excluding ortho intramolecular Hbond substituents is 1. The molecule has 2 heterocycles. The minimum absolute atomic E-state index is 0.0546. The second-order valence-electron chi connectivity index (χ2n) is 4.27. The van der Waals surface area contributed by atoms with E-state index < -0.39 is 0 Å². The third-order valence-corrected chi connectivity index (χ3v) is 3.06. The summed E-state index contributed by atoms with van der Waals surface area (Å²) in [5, 5.41) is 19.8. The van der Waals surface area contributed by atoms with E-state index in [-0.39, 0.29) is 17.7 Å². The molecule has 92 valence electrons. The van der Waals surface area contributed by atoms with Crippen molar-refractivity contribution in [2.24, 2.45) is 0 Å². The van der Waals surface area contributed by atoms with Crippen LogP contribution in [0.15, 0.2) is 30.5 Å². The fourth-order valence-electron chi connectivity index (χ4n) is 2.09. The molecule has 1 aliphatic rings. The average Bonchev–Trinajstić information content (AvgIpc) is 2.84. The number of hydrogen-bond donors (Lipinski definition) is 2. The maximum Gasteiger partial charge on any atom is 0.245 e. The molecule has 6 heteroatoms. The van der Waals surface area contributed by atoms with Gasteiger partial charge in [-0.05, 0) is 17.7 Å². The van der Waals surface area contributed by atoms with E-state index in [0.29, 0.717) is 13.0 Å². The number of nitrogens with zero attached hydrogens (tertiary/aromatic N) is 3. The summed E-state index contributed by atoms with van der Waals surface area (Å²) in [6.07, 6.45) is 2.19. The second-order valence-corrected chi connectivity index (χ2v) is 4.27. The normalized spacial score (nSPS) is 18.2.